The molecule has 18 aromatic rings. The van der Waals surface area contributed by atoms with Crippen LogP contribution in [-0.4, -0.2) is 28.8 Å². The Kier molecular flexibility index (Phi) is 18.3. The molecule has 2 bridgehead atoms. The third-order valence-corrected chi connectivity index (χ3v) is 39.4. The van der Waals surface area contributed by atoms with Crippen molar-refractivity contribution in [3.8, 4) is 50.2 Å². The fraction of sp³-hybridized carbons (Fsp3) is 0.0270. The van der Waals surface area contributed by atoms with E-state index in [9.17, 15) is 0 Å². The third-order valence-electron chi connectivity index (χ3n) is 25.0. The first-order valence-corrected chi connectivity index (χ1v) is 46.2. The molecule has 0 saturated heterocycles. The summed E-state index contributed by atoms with van der Waals surface area (Å²) < 4.78 is 2.63. The van der Waals surface area contributed by atoms with E-state index in [1.165, 1.54) is 157 Å². The fourth-order valence-corrected chi connectivity index (χ4v) is 35.1. The Bertz CT molecular complexity index is 6300. The minimum atomic E-state index is -3.31. The molecule has 0 saturated carbocycles. The highest BCUT2D eigenvalue weighted by atomic mass is 28.3. The van der Waals surface area contributed by atoms with E-state index in [0.29, 0.717) is 0 Å². The number of benzene rings is 17. The van der Waals surface area contributed by atoms with Crippen molar-refractivity contribution in [2.45, 2.75) is 18.8 Å². The van der Waals surface area contributed by atoms with Gasteiger partial charge in [0.1, 0.15) is 0 Å². The number of rotatable bonds is 19. The van der Waals surface area contributed by atoms with Gasteiger partial charge in [-0.1, -0.05) is 449 Å². The lowest BCUT2D eigenvalue weighted by atomic mass is 9.60. The molecular formula is C111H83NSi3. The van der Waals surface area contributed by atoms with Gasteiger partial charge in [-0.15, -0.1) is 0 Å². The summed E-state index contributed by atoms with van der Waals surface area (Å²) in [6.07, 6.45) is 4.51. The van der Waals surface area contributed by atoms with Crippen LogP contribution in [0.25, 0.3) is 72.0 Å². The lowest BCUT2D eigenvalue weighted by molar-refractivity contribution is 0.734. The average molecular weight is 1520 g/mol. The van der Waals surface area contributed by atoms with Crippen LogP contribution in [0.4, 0.5) is 0 Å². The zero-order valence-electron chi connectivity index (χ0n) is 64.2. The first kappa shape index (κ1) is 70.5. The summed E-state index contributed by atoms with van der Waals surface area (Å²) in [7, 11) is -9.29. The predicted octanol–water partition coefficient (Wildman–Crippen LogP) is 19.9. The van der Waals surface area contributed by atoms with Gasteiger partial charge in [-0.25, -0.2) is 0 Å². The lowest BCUT2D eigenvalue weighted by Gasteiger charge is -2.48. The molecule has 2 unspecified atom stereocenters. The Morgan fingerprint density at radius 1 is 0.278 bits per heavy atom. The summed E-state index contributed by atoms with van der Waals surface area (Å²) in [6, 6.07) is 171. The molecule has 1 nitrogen and oxygen atoms in total. The molecule has 0 aliphatic heterocycles. The highest BCUT2D eigenvalue weighted by molar-refractivity contribution is 7.20. The Labute approximate surface area is 677 Å². The zero-order valence-corrected chi connectivity index (χ0v) is 67.2. The smallest absolute Gasteiger partial charge is 0.179 e. The Morgan fingerprint density at radius 2 is 0.635 bits per heavy atom. The SMILES string of the molecule is C=C/C=C(\C1=C(C)C2c3ccccc3C1c1c2cccc1-n1c2ccccc2c2cc(-c3c(-c4cccc([Si](c5ccccc5)(c5ccccc5)c5ccccc5)c4)cccc3-c3cccc([Si](c4ccccc4)(c4ccccc4)c4ccccc4)c3)ccc21)[Si](c1ccccc1)(c1ccccc1)c1cccc(-c2ccccc2)c1. The molecule has 0 amide bonds. The number of fused-ring (bicyclic) bond motifs is 3. The number of hydrogen-bond acceptors (Lipinski definition) is 0. The van der Waals surface area contributed by atoms with Gasteiger partial charge in [-0.3, -0.25) is 0 Å². The second-order valence-electron chi connectivity index (χ2n) is 30.8. The molecular weight excluding hydrogens is 1430 g/mol. The van der Waals surface area contributed by atoms with Crippen molar-refractivity contribution in [1.29, 1.82) is 0 Å². The number of hydrogen-bond donors (Lipinski definition) is 0. The quantitative estimate of drug-likeness (QED) is 0.0432. The van der Waals surface area contributed by atoms with Gasteiger partial charge in [0.15, 0.2) is 24.2 Å². The molecule has 0 N–H and O–H groups in total. The molecule has 544 valence electrons. The first-order valence-electron chi connectivity index (χ1n) is 40.2. The van der Waals surface area contributed by atoms with Crippen molar-refractivity contribution in [3.05, 3.63) is 506 Å². The Hall–Kier alpha value is -13.6. The monoisotopic (exact) mass is 1510 g/mol. The van der Waals surface area contributed by atoms with Gasteiger partial charge in [-0.2, -0.15) is 0 Å². The van der Waals surface area contributed by atoms with E-state index < -0.39 is 24.2 Å². The lowest BCUT2D eigenvalue weighted by Crippen LogP contribution is -2.74. The van der Waals surface area contributed by atoms with Gasteiger partial charge in [0.05, 0.1) is 16.7 Å². The zero-order chi connectivity index (χ0) is 76.9. The summed E-state index contributed by atoms with van der Waals surface area (Å²) >= 11 is 0. The summed E-state index contributed by atoms with van der Waals surface area (Å²) in [4.78, 5) is 0. The van der Waals surface area contributed by atoms with E-state index in [0.717, 1.165) is 11.1 Å². The van der Waals surface area contributed by atoms with E-state index in [2.05, 4.69) is 479 Å². The van der Waals surface area contributed by atoms with Crippen LogP contribution < -0.4 is 57.1 Å². The maximum absolute atomic E-state index is 4.65. The van der Waals surface area contributed by atoms with Crippen LogP contribution in [-0.2, 0) is 0 Å². The number of nitrogens with zero attached hydrogens (tertiary/aromatic N) is 1. The van der Waals surface area contributed by atoms with Gasteiger partial charge in [0.25, 0.3) is 0 Å². The topological polar surface area (TPSA) is 4.93 Å². The molecule has 1 heterocycles. The molecule has 115 heavy (non-hydrogen) atoms. The van der Waals surface area contributed by atoms with E-state index in [-0.39, 0.29) is 11.8 Å². The van der Waals surface area contributed by atoms with Crippen LogP contribution >= 0.6 is 0 Å². The van der Waals surface area contributed by atoms with Crippen LogP contribution in [0.15, 0.2) is 484 Å². The normalized spacial score (nSPS) is 14.0. The highest BCUT2D eigenvalue weighted by Crippen LogP contribution is 2.60. The average Bonchev–Trinajstić information content (AvgIpc) is 1.26. The van der Waals surface area contributed by atoms with E-state index in [1.807, 2.05) is 0 Å². The van der Waals surface area contributed by atoms with Gasteiger partial charge < -0.3 is 4.57 Å². The van der Waals surface area contributed by atoms with Crippen molar-refractivity contribution in [3.63, 3.8) is 0 Å². The predicted molar refractivity (Wildman–Crippen MR) is 495 cm³/mol. The molecule has 0 radical (unpaired) electrons. The molecule has 3 aliphatic carbocycles. The first-order chi connectivity index (χ1) is 57.0. The van der Waals surface area contributed by atoms with Crippen LogP contribution in [0.3, 0.4) is 0 Å². The van der Waals surface area contributed by atoms with Crippen molar-refractivity contribution in [2.75, 3.05) is 0 Å². The third kappa shape index (κ3) is 11.5. The number of aromatic nitrogens is 1. The van der Waals surface area contributed by atoms with Gasteiger partial charge >= 0.3 is 0 Å². The Balaban J connectivity index is 0.823. The summed E-state index contributed by atoms with van der Waals surface area (Å²) in [6.45, 7) is 7.10. The molecule has 4 heteroatoms. The standard InChI is InChI=1S/C111H83NSi3/c1-3-40-106(115(91-58-27-11-28-59-91,92-60-29-12-30-61-92)95-64-35-43-81(75-95)80-41-13-4-14-42-80)108-79(2)107-99-66-31-32-67-100(99)111(108)110-101(107)70-39-72-105(110)112-103-71-34-33-65-98(103)102-78-84(73-74-104(102)112)109-96(82-44-36-62-93(76-82)113(85-46-15-5-16-47-85,86-48-17-6-18-49-86)87-50-19-7-20-51-87)68-38-69-97(109)83-45-37-63-94(77-83)114(88-52-21-8-22-53-88,89-54-23-9-24-55-89)90-56-25-10-26-57-90/h3-78,107,111H,1H2,2H3/b106-40+. The van der Waals surface area contributed by atoms with Crippen LogP contribution in [0, 0.1) is 0 Å². The van der Waals surface area contributed by atoms with Gasteiger partial charge in [0, 0.05) is 22.6 Å². The molecule has 2 atom stereocenters. The summed E-state index contributed by atoms with van der Waals surface area (Å²) in [5, 5.41) is 18.4. The van der Waals surface area contributed by atoms with Gasteiger partial charge in [-0.05, 0) is 166 Å². The largest absolute Gasteiger partial charge is 0.309 e. The molecule has 0 fully saturated rings. The molecule has 3 aliphatic rings. The van der Waals surface area contributed by atoms with Crippen LogP contribution in [0.1, 0.15) is 41.0 Å². The van der Waals surface area contributed by atoms with Crippen LogP contribution in [0.2, 0.25) is 0 Å². The highest BCUT2D eigenvalue weighted by Gasteiger charge is 2.52. The summed E-state index contributed by atoms with van der Waals surface area (Å²) in [5.74, 6) is -0.159. The van der Waals surface area contributed by atoms with Gasteiger partial charge in [0.2, 0.25) is 0 Å². The molecule has 21 rings (SSSR count). The number of allylic oxidation sites excluding steroid dienone is 5. The van der Waals surface area contributed by atoms with Crippen molar-refractivity contribution in [1.82, 2.24) is 4.57 Å². The second kappa shape index (κ2) is 29.8. The van der Waals surface area contributed by atoms with E-state index >= 15 is 0 Å². The molecule has 1 aromatic heterocycles. The van der Waals surface area contributed by atoms with Crippen LogP contribution in [0.5, 0.6) is 0 Å². The van der Waals surface area contributed by atoms with Crippen molar-refractivity contribution in [2.24, 2.45) is 0 Å². The molecule has 0 spiro atoms. The van der Waals surface area contributed by atoms with E-state index in [4.69, 9.17) is 0 Å². The van der Waals surface area contributed by atoms with Crippen molar-refractivity contribution >= 4 is 103 Å². The maximum atomic E-state index is 4.65. The summed E-state index contributed by atoms with van der Waals surface area (Å²) in [5.41, 5.74) is 21.2. The van der Waals surface area contributed by atoms with E-state index in [1.54, 1.807) is 0 Å². The number of para-hydroxylation sites is 1. The molecule has 17 aromatic carbocycles. The minimum Gasteiger partial charge on any atom is -0.309 e. The minimum absolute atomic E-state index is 0.0123. The maximum Gasteiger partial charge on any atom is 0.179 e. The fourth-order valence-electron chi connectivity index (χ4n) is 20.4. The second-order valence-corrected chi connectivity index (χ2v) is 42.2. The van der Waals surface area contributed by atoms with Crippen molar-refractivity contribution < 1.29 is 0 Å². The Morgan fingerprint density at radius 3 is 1.11 bits per heavy atom.